The second-order valence-electron chi connectivity index (χ2n) is 7.51. The summed E-state index contributed by atoms with van der Waals surface area (Å²) in [6.45, 7) is 0.00418. The van der Waals surface area contributed by atoms with Crippen LogP contribution in [0, 0.1) is 5.82 Å². The summed E-state index contributed by atoms with van der Waals surface area (Å²) in [5.74, 6) is -1.38. The van der Waals surface area contributed by atoms with Crippen LogP contribution in [-0.4, -0.2) is 20.2 Å². The molecular formula is C24H15Cl2F4N5O2. The predicted molar refractivity (Wildman–Crippen MR) is 131 cm³/mol. The molecule has 0 fully saturated rings. The predicted octanol–water partition coefficient (Wildman–Crippen LogP) is 7.24. The molecule has 0 aliphatic heterocycles. The second-order valence-corrected chi connectivity index (χ2v) is 7.92. The molecule has 0 unspecified atom stereocenters. The number of halogens is 6. The summed E-state index contributed by atoms with van der Waals surface area (Å²) in [6, 6.07) is 15.8. The molecule has 2 heterocycles. The molecule has 0 atom stereocenters. The number of ether oxygens (including phenoxy) is 1. The maximum absolute atomic E-state index is 13.8. The number of nitrogens with zero attached hydrogens (tertiary/aromatic N) is 4. The lowest BCUT2D eigenvalue weighted by Gasteiger charge is -2.12. The molecule has 0 bridgehead atoms. The van der Waals surface area contributed by atoms with Crippen molar-refractivity contribution in [2.45, 2.75) is 12.8 Å². The molecule has 5 aromatic rings. The summed E-state index contributed by atoms with van der Waals surface area (Å²) in [5, 5.41) is 10.4. The van der Waals surface area contributed by atoms with Gasteiger partial charge in [-0.1, -0.05) is 29.8 Å². The molecule has 1 N–H and O–H groups in total. The minimum absolute atomic E-state index is 0. The van der Waals surface area contributed by atoms with Crippen LogP contribution in [0.1, 0.15) is 11.5 Å². The van der Waals surface area contributed by atoms with Crippen molar-refractivity contribution in [2.75, 3.05) is 5.32 Å². The molecule has 5 rings (SSSR count). The molecule has 2 aromatic heterocycles. The van der Waals surface area contributed by atoms with E-state index in [1.165, 1.54) is 18.5 Å². The summed E-state index contributed by atoms with van der Waals surface area (Å²) in [4.78, 5) is 8.41. The van der Waals surface area contributed by atoms with Gasteiger partial charge in [-0.2, -0.15) is 13.2 Å². The Bertz CT molecular complexity index is 1560. The van der Waals surface area contributed by atoms with Crippen molar-refractivity contribution in [1.82, 2.24) is 20.2 Å². The first-order valence-electron chi connectivity index (χ1n) is 10.4. The number of hydrogen-bond acceptors (Lipinski definition) is 7. The van der Waals surface area contributed by atoms with Crippen molar-refractivity contribution in [2.24, 2.45) is 0 Å². The third kappa shape index (κ3) is 5.73. The molecule has 0 radical (unpaired) electrons. The zero-order valence-electron chi connectivity index (χ0n) is 18.5. The molecule has 0 aliphatic carbocycles. The molecule has 0 saturated carbocycles. The van der Waals surface area contributed by atoms with E-state index in [4.69, 9.17) is 20.8 Å². The monoisotopic (exact) mass is 551 g/mol. The maximum Gasteiger partial charge on any atom is 0.470 e. The fourth-order valence-electron chi connectivity index (χ4n) is 3.35. The number of nitrogens with one attached hydrogen (secondary N) is 1. The van der Waals surface area contributed by atoms with Gasteiger partial charge in [0.25, 0.3) is 0 Å². The molecule has 0 amide bonds. The highest BCUT2D eigenvalue weighted by Gasteiger charge is 2.38. The Morgan fingerprint density at radius 3 is 2.51 bits per heavy atom. The first kappa shape index (κ1) is 26.1. The SMILES string of the molecule is Cl.Fc1ccccc1COc1ccc(Nc2ncnc3ccc(-c4nnc(C(F)(F)F)o4)cc23)cc1Cl. The van der Waals surface area contributed by atoms with Gasteiger partial charge in [-0.25, -0.2) is 14.4 Å². The van der Waals surface area contributed by atoms with Crippen LogP contribution in [0.2, 0.25) is 5.02 Å². The van der Waals surface area contributed by atoms with Crippen LogP contribution in [0.5, 0.6) is 5.75 Å². The van der Waals surface area contributed by atoms with Crippen LogP contribution in [0.4, 0.5) is 29.1 Å². The summed E-state index contributed by atoms with van der Waals surface area (Å²) < 4.78 is 62.7. The largest absolute Gasteiger partial charge is 0.487 e. The van der Waals surface area contributed by atoms with Gasteiger partial charge >= 0.3 is 12.1 Å². The minimum Gasteiger partial charge on any atom is -0.487 e. The topological polar surface area (TPSA) is 86.0 Å². The molecule has 13 heteroatoms. The van der Waals surface area contributed by atoms with Crippen molar-refractivity contribution in [1.29, 1.82) is 0 Å². The smallest absolute Gasteiger partial charge is 0.470 e. The Kier molecular flexibility index (Phi) is 7.46. The molecule has 37 heavy (non-hydrogen) atoms. The summed E-state index contributed by atoms with van der Waals surface area (Å²) in [7, 11) is 0. The van der Waals surface area contributed by atoms with Crippen LogP contribution < -0.4 is 10.1 Å². The van der Waals surface area contributed by atoms with E-state index in [2.05, 4.69) is 25.5 Å². The third-order valence-corrected chi connectivity index (χ3v) is 5.38. The summed E-state index contributed by atoms with van der Waals surface area (Å²) >= 11 is 6.35. The second kappa shape index (κ2) is 10.6. The molecular weight excluding hydrogens is 537 g/mol. The molecule has 0 aliphatic rings. The van der Waals surface area contributed by atoms with E-state index in [-0.39, 0.29) is 41.3 Å². The Balaban J connectivity index is 0.00000320. The van der Waals surface area contributed by atoms with Crippen molar-refractivity contribution in [3.8, 4) is 17.2 Å². The van der Waals surface area contributed by atoms with Crippen molar-refractivity contribution in [3.05, 3.63) is 89.3 Å². The Morgan fingerprint density at radius 1 is 0.973 bits per heavy atom. The maximum atomic E-state index is 13.8. The average molecular weight is 552 g/mol. The van der Waals surface area contributed by atoms with Crippen molar-refractivity contribution >= 4 is 46.4 Å². The van der Waals surface area contributed by atoms with Gasteiger partial charge < -0.3 is 14.5 Å². The highest BCUT2D eigenvalue weighted by molar-refractivity contribution is 6.32. The van der Waals surface area contributed by atoms with Crippen LogP contribution in [0.25, 0.3) is 22.4 Å². The quantitative estimate of drug-likeness (QED) is 0.222. The van der Waals surface area contributed by atoms with Gasteiger partial charge in [-0.3, -0.25) is 0 Å². The van der Waals surface area contributed by atoms with Crippen LogP contribution >= 0.6 is 24.0 Å². The Hall–Kier alpha value is -3.96. The fraction of sp³-hybridized carbons (Fsp3) is 0.0833. The van der Waals surface area contributed by atoms with Gasteiger partial charge in [0, 0.05) is 22.2 Å². The molecule has 190 valence electrons. The zero-order valence-corrected chi connectivity index (χ0v) is 20.0. The van der Waals surface area contributed by atoms with E-state index >= 15 is 0 Å². The number of aromatic nitrogens is 4. The van der Waals surface area contributed by atoms with Crippen LogP contribution in [0.3, 0.4) is 0 Å². The molecule has 3 aromatic carbocycles. The Labute approximate surface area is 217 Å². The Morgan fingerprint density at radius 2 is 1.78 bits per heavy atom. The normalized spacial score (nSPS) is 11.3. The standard InChI is InChI=1S/C24H14ClF4N5O2.ClH/c25-17-10-15(6-8-20(17)35-11-14-3-1-2-4-18(14)26)32-21-16-9-13(5-7-19(16)30-12-31-21)22-33-34-23(36-22)24(27,28)29;/h1-10,12H,11H2,(H,30,31,32);1H. The lowest BCUT2D eigenvalue weighted by atomic mass is 10.1. The van der Waals surface area contributed by atoms with Crippen LogP contribution in [0.15, 0.2) is 71.4 Å². The number of hydrogen-bond donors (Lipinski definition) is 1. The van der Waals surface area contributed by atoms with Gasteiger partial charge in [-0.05, 0) is 42.5 Å². The number of fused-ring (bicyclic) bond motifs is 1. The van der Waals surface area contributed by atoms with Crippen molar-refractivity contribution < 1.29 is 26.7 Å². The zero-order chi connectivity index (χ0) is 25.3. The van der Waals surface area contributed by atoms with Gasteiger partial charge in [0.1, 0.15) is 30.3 Å². The molecule has 0 spiro atoms. The van der Waals surface area contributed by atoms with Crippen LogP contribution in [-0.2, 0) is 12.8 Å². The minimum atomic E-state index is -4.75. The third-order valence-electron chi connectivity index (χ3n) is 5.09. The first-order chi connectivity index (χ1) is 17.3. The first-order valence-corrected chi connectivity index (χ1v) is 10.7. The van der Waals surface area contributed by atoms with E-state index in [9.17, 15) is 17.6 Å². The van der Waals surface area contributed by atoms with E-state index < -0.39 is 12.1 Å². The van der Waals surface area contributed by atoms with Gasteiger partial charge in [0.05, 0.1) is 10.5 Å². The summed E-state index contributed by atoms with van der Waals surface area (Å²) in [6.07, 6.45) is -3.41. The number of anilines is 2. The highest BCUT2D eigenvalue weighted by Crippen LogP contribution is 2.34. The lowest BCUT2D eigenvalue weighted by molar-refractivity contribution is -0.156. The van der Waals surface area contributed by atoms with E-state index in [0.29, 0.717) is 33.7 Å². The fourth-order valence-corrected chi connectivity index (χ4v) is 3.58. The van der Waals surface area contributed by atoms with Gasteiger partial charge in [-0.15, -0.1) is 22.6 Å². The van der Waals surface area contributed by atoms with Gasteiger partial charge in [0.2, 0.25) is 5.89 Å². The molecule has 7 nitrogen and oxygen atoms in total. The lowest BCUT2D eigenvalue weighted by Crippen LogP contribution is -2.04. The number of alkyl halides is 3. The average Bonchev–Trinajstić information content (AvgIpc) is 3.36. The highest BCUT2D eigenvalue weighted by atomic mass is 35.5. The van der Waals surface area contributed by atoms with E-state index in [0.717, 1.165) is 0 Å². The van der Waals surface area contributed by atoms with Crippen molar-refractivity contribution in [3.63, 3.8) is 0 Å². The van der Waals surface area contributed by atoms with E-state index in [1.807, 2.05) is 0 Å². The molecule has 0 saturated heterocycles. The number of rotatable bonds is 6. The van der Waals surface area contributed by atoms with Gasteiger partial charge in [0.15, 0.2) is 0 Å². The number of benzene rings is 3. The summed E-state index contributed by atoms with van der Waals surface area (Å²) in [5.41, 5.74) is 1.74. The van der Waals surface area contributed by atoms with E-state index in [1.54, 1.807) is 48.5 Å².